The second kappa shape index (κ2) is 14.5. The van der Waals surface area contributed by atoms with Crippen LogP contribution in [0.3, 0.4) is 0 Å². The van der Waals surface area contributed by atoms with Crippen LogP contribution in [0.15, 0.2) is 42.5 Å². The van der Waals surface area contributed by atoms with Gasteiger partial charge in [0.25, 0.3) is 0 Å². The van der Waals surface area contributed by atoms with Crippen molar-refractivity contribution in [2.45, 2.75) is 76.7 Å². The van der Waals surface area contributed by atoms with Gasteiger partial charge in [0, 0.05) is 19.2 Å². The predicted molar refractivity (Wildman–Crippen MR) is 149 cm³/mol. The van der Waals surface area contributed by atoms with Gasteiger partial charge in [-0.15, -0.1) is 0 Å². The average molecular weight is 527 g/mol. The van der Waals surface area contributed by atoms with E-state index in [9.17, 15) is 14.7 Å². The van der Waals surface area contributed by atoms with Crippen LogP contribution in [0.1, 0.15) is 70.3 Å². The van der Waals surface area contributed by atoms with E-state index in [1.165, 1.54) is 12.8 Å². The maximum atomic E-state index is 13.3. The Bertz CT molecular complexity index is 1050. The fourth-order valence-corrected chi connectivity index (χ4v) is 4.88. The van der Waals surface area contributed by atoms with Gasteiger partial charge in [-0.2, -0.15) is 0 Å². The number of hydrogen-bond acceptors (Lipinski definition) is 5. The number of nitrogens with one attached hydrogen (secondary N) is 1. The van der Waals surface area contributed by atoms with Gasteiger partial charge in [-0.3, -0.25) is 0 Å². The third-order valence-electron chi connectivity index (χ3n) is 7.15. The molecule has 2 aromatic carbocycles. The summed E-state index contributed by atoms with van der Waals surface area (Å²) in [5, 5.41) is 12.8. The highest BCUT2D eigenvalue weighted by Gasteiger charge is 2.43. The molecule has 0 saturated heterocycles. The minimum atomic E-state index is -1.14. The molecule has 3 rings (SSSR count). The Hall–Kier alpha value is -3.42. The zero-order chi connectivity index (χ0) is 27.4. The van der Waals surface area contributed by atoms with Crippen LogP contribution in [0, 0.1) is 0 Å². The lowest BCUT2D eigenvalue weighted by atomic mass is 10.0. The molecule has 0 aliphatic heterocycles. The van der Waals surface area contributed by atoms with E-state index in [0.29, 0.717) is 55.3 Å². The number of methoxy groups -OCH3 is 2. The summed E-state index contributed by atoms with van der Waals surface area (Å²) < 4.78 is 16.7. The van der Waals surface area contributed by atoms with E-state index >= 15 is 0 Å². The van der Waals surface area contributed by atoms with Crippen LogP contribution in [-0.4, -0.2) is 54.9 Å². The summed E-state index contributed by atoms with van der Waals surface area (Å²) in [5.41, 5.74) is 0.438. The lowest BCUT2D eigenvalue weighted by molar-refractivity contribution is -0.154. The van der Waals surface area contributed by atoms with Gasteiger partial charge in [-0.25, -0.2) is 9.59 Å². The van der Waals surface area contributed by atoms with Crippen molar-refractivity contribution in [1.29, 1.82) is 0 Å². The third-order valence-corrected chi connectivity index (χ3v) is 7.15. The van der Waals surface area contributed by atoms with E-state index in [4.69, 9.17) is 14.2 Å². The number of aliphatic carboxylic acids is 1. The largest absolute Gasteiger partial charge is 0.497 e. The topological polar surface area (TPSA) is 97.3 Å². The van der Waals surface area contributed by atoms with Gasteiger partial charge in [0.2, 0.25) is 5.60 Å². The van der Waals surface area contributed by atoms with Gasteiger partial charge < -0.3 is 29.5 Å². The number of hydrogen-bond donors (Lipinski definition) is 2. The zero-order valence-electron chi connectivity index (χ0n) is 23.0. The van der Waals surface area contributed by atoms with Crippen molar-refractivity contribution in [2.24, 2.45) is 0 Å². The normalized spacial score (nSPS) is 14.1. The molecule has 8 nitrogen and oxygen atoms in total. The molecule has 208 valence electrons. The summed E-state index contributed by atoms with van der Waals surface area (Å²) in [6, 6.07) is 12.7. The molecule has 0 heterocycles. The number of amides is 2. The highest BCUT2D eigenvalue weighted by Crippen LogP contribution is 2.35. The number of unbranched alkanes of at least 4 members (excludes halogenated alkanes) is 4. The first kappa shape index (κ1) is 29.1. The number of carbonyl (C=O) groups is 2. The molecule has 8 heteroatoms. The number of benzene rings is 2. The quantitative estimate of drug-likeness (QED) is 0.256. The molecule has 1 aliphatic carbocycles. The molecule has 1 saturated carbocycles. The maximum Gasteiger partial charge on any atom is 0.348 e. The average Bonchev–Trinajstić information content (AvgIpc) is 3.40. The van der Waals surface area contributed by atoms with E-state index in [1.54, 1.807) is 38.5 Å². The number of ether oxygens (including phenoxy) is 3. The standard InChI is InChI=1S/C30H42N2O6/c1-4-5-6-7-10-19-32(29(35)31-26-15-14-24(36-2)22-27(26)37-3)20-16-23-12-11-13-25(21-23)38-30(28(33)34)17-8-9-18-30/h11-15,21-22H,4-10,16-20H2,1-3H3,(H,31,35)(H,33,34). The molecule has 0 unspecified atom stereocenters. The summed E-state index contributed by atoms with van der Waals surface area (Å²) >= 11 is 0. The number of nitrogens with zero attached hydrogens (tertiary/aromatic N) is 1. The zero-order valence-corrected chi connectivity index (χ0v) is 23.0. The first-order valence-electron chi connectivity index (χ1n) is 13.7. The molecule has 1 aliphatic rings. The summed E-state index contributed by atoms with van der Waals surface area (Å²) in [6.07, 6.45) is 8.90. The highest BCUT2D eigenvalue weighted by molar-refractivity contribution is 5.91. The number of urea groups is 1. The number of rotatable bonds is 15. The van der Waals surface area contributed by atoms with Crippen molar-refractivity contribution in [3.63, 3.8) is 0 Å². The minimum absolute atomic E-state index is 0.188. The smallest absolute Gasteiger partial charge is 0.348 e. The Labute approximate surface area is 226 Å². The fraction of sp³-hybridized carbons (Fsp3) is 0.533. The Morgan fingerprint density at radius 3 is 2.39 bits per heavy atom. The Morgan fingerprint density at radius 1 is 0.947 bits per heavy atom. The number of anilines is 1. The predicted octanol–water partition coefficient (Wildman–Crippen LogP) is 6.53. The van der Waals surface area contributed by atoms with E-state index in [2.05, 4.69) is 12.2 Å². The molecule has 2 N–H and O–H groups in total. The SMILES string of the molecule is CCCCCCCN(CCc1cccc(OC2(C(=O)O)CCCC2)c1)C(=O)Nc1ccc(OC)cc1OC. The molecule has 0 atom stereocenters. The summed E-state index contributed by atoms with van der Waals surface area (Å²) in [5.74, 6) is 0.840. The van der Waals surface area contributed by atoms with E-state index in [-0.39, 0.29) is 6.03 Å². The van der Waals surface area contributed by atoms with Crippen molar-refractivity contribution in [3.05, 3.63) is 48.0 Å². The number of carboxylic acids is 1. The van der Waals surface area contributed by atoms with Crippen LogP contribution in [-0.2, 0) is 11.2 Å². The fourth-order valence-electron chi connectivity index (χ4n) is 4.88. The molecular formula is C30H42N2O6. The molecular weight excluding hydrogens is 484 g/mol. The lowest BCUT2D eigenvalue weighted by Crippen LogP contribution is -2.41. The molecule has 38 heavy (non-hydrogen) atoms. The highest BCUT2D eigenvalue weighted by atomic mass is 16.5. The lowest BCUT2D eigenvalue weighted by Gasteiger charge is -2.26. The van der Waals surface area contributed by atoms with Crippen LogP contribution in [0.5, 0.6) is 17.2 Å². The minimum Gasteiger partial charge on any atom is -0.497 e. The van der Waals surface area contributed by atoms with Crippen LogP contribution >= 0.6 is 0 Å². The first-order chi connectivity index (χ1) is 18.4. The van der Waals surface area contributed by atoms with Crippen LogP contribution in [0.4, 0.5) is 10.5 Å². The Morgan fingerprint density at radius 2 is 1.71 bits per heavy atom. The van der Waals surface area contributed by atoms with Crippen molar-refractivity contribution in [2.75, 3.05) is 32.6 Å². The van der Waals surface area contributed by atoms with Gasteiger partial charge in [-0.05, 0) is 68.4 Å². The first-order valence-corrected chi connectivity index (χ1v) is 13.7. The molecule has 2 aromatic rings. The van der Waals surface area contributed by atoms with Crippen LogP contribution < -0.4 is 19.5 Å². The molecule has 0 bridgehead atoms. The van der Waals surface area contributed by atoms with Gasteiger partial charge in [0.05, 0.1) is 19.9 Å². The summed E-state index contributed by atoms with van der Waals surface area (Å²) in [7, 11) is 3.15. The molecule has 1 fully saturated rings. The van der Waals surface area contributed by atoms with Gasteiger partial charge in [-0.1, -0.05) is 44.7 Å². The van der Waals surface area contributed by atoms with E-state index < -0.39 is 11.6 Å². The summed E-state index contributed by atoms with van der Waals surface area (Å²) in [4.78, 5) is 27.1. The van der Waals surface area contributed by atoms with E-state index in [0.717, 1.165) is 37.7 Å². The number of carbonyl (C=O) groups excluding carboxylic acids is 1. The van der Waals surface area contributed by atoms with Crippen molar-refractivity contribution >= 4 is 17.7 Å². The van der Waals surface area contributed by atoms with Gasteiger partial charge in [0.15, 0.2) is 0 Å². The van der Waals surface area contributed by atoms with Gasteiger partial charge >= 0.3 is 12.0 Å². The molecule has 2 amide bonds. The van der Waals surface area contributed by atoms with Crippen LogP contribution in [0.2, 0.25) is 0 Å². The summed E-state index contributed by atoms with van der Waals surface area (Å²) in [6.45, 7) is 3.35. The molecule has 0 radical (unpaired) electrons. The van der Waals surface area contributed by atoms with Crippen molar-refractivity contribution in [3.8, 4) is 17.2 Å². The second-order valence-electron chi connectivity index (χ2n) is 9.90. The third kappa shape index (κ3) is 8.04. The number of carboxylic acid groups (broad SMARTS) is 1. The molecule has 0 aromatic heterocycles. The Kier molecular flexibility index (Phi) is 11.1. The Balaban J connectivity index is 1.68. The maximum absolute atomic E-state index is 13.3. The van der Waals surface area contributed by atoms with Crippen molar-refractivity contribution in [1.82, 2.24) is 4.90 Å². The van der Waals surface area contributed by atoms with Crippen molar-refractivity contribution < 1.29 is 28.9 Å². The van der Waals surface area contributed by atoms with Crippen LogP contribution in [0.25, 0.3) is 0 Å². The second-order valence-corrected chi connectivity index (χ2v) is 9.90. The van der Waals surface area contributed by atoms with E-state index in [1.807, 2.05) is 23.1 Å². The monoisotopic (exact) mass is 526 g/mol. The van der Waals surface area contributed by atoms with Gasteiger partial charge in [0.1, 0.15) is 17.2 Å². The molecule has 0 spiro atoms.